The molecule has 2 N–H and O–H groups in total. The molecule has 0 unspecified atom stereocenters. The van der Waals surface area contributed by atoms with Crippen molar-refractivity contribution in [2.24, 2.45) is 5.92 Å². The van der Waals surface area contributed by atoms with E-state index in [1.807, 2.05) is 60.7 Å². The van der Waals surface area contributed by atoms with Crippen molar-refractivity contribution in [1.82, 2.24) is 4.98 Å². The Labute approximate surface area is 234 Å². The van der Waals surface area contributed by atoms with Crippen LogP contribution in [0, 0.1) is 5.92 Å². The third-order valence-corrected chi connectivity index (χ3v) is 14.2. The van der Waals surface area contributed by atoms with E-state index in [4.69, 9.17) is 0 Å². The van der Waals surface area contributed by atoms with Gasteiger partial charge in [0, 0.05) is 29.7 Å². The van der Waals surface area contributed by atoms with Crippen LogP contribution in [0.2, 0.25) is 5.04 Å². The van der Waals surface area contributed by atoms with Crippen LogP contribution >= 0.6 is 11.3 Å². The number of nitrogens with one attached hydrogen (secondary N) is 1. The molecule has 7 nitrogen and oxygen atoms in total. The number of carbonyl (C=O) groups excluding carboxylic acids is 1. The predicted molar refractivity (Wildman–Crippen MR) is 159 cm³/mol. The van der Waals surface area contributed by atoms with Gasteiger partial charge in [0.05, 0.1) is 4.90 Å². The Morgan fingerprint density at radius 3 is 2.13 bits per heavy atom. The molecule has 5 rings (SSSR count). The van der Waals surface area contributed by atoms with Gasteiger partial charge >= 0.3 is 0 Å². The van der Waals surface area contributed by atoms with Gasteiger partial charge in [0.1, 0.15) is 0 Å². The minimum atomic E-state index is -3.77. The highest BCUT2D eigenvalue weighted by Gasteiger charge is 2.52. The summed E-state index contributed by atoms with van der Waals surface area (Å²) in [6, 6.07) is 26.0. The standard InChI is InChI=1S/C29H31N3O4S2Si/c1-29(2,39(36,25-9-5-3-6-10-25)26-11-7-4-8-12-26)21-22-17-19-32(27(22)33)23-13-15-24(16-14-23)38(34,35)31-28-30-18-20-37-28/h3-16,18,20,22,36H,17,19,21H2,1-2H3,(H,30,31)/t22-/m1/s1. The van der Waals surface area contributed by atoms with Gasteiger partial charge in [-0.3, -0.25) is 9.52 Å². The maximum Gasteiger partial charge on any atom is 0.263 e. The first kappa shape index (κ1) is 27.3. The first-order valence-corrected chi connectivity index (χ1v) is 17.1. The Bertz CT molecular complexity index is 1490. The second-order valence-corrected chi connectivity index (χ2v) is 16.9. The number of thiazole rings is 1. The van der Waals surface area contributed by atoms with Crippen molar-refractivity contribution >= 4 is 56.8 Å². The van der Waals surface area contributed by atoms with Gasteiger partial charge in [-0.25, -0.2) is 13.4 Å². The molecule has 1 aliphatic rings. The maximum absolute atomic E-state index is 13.6. The van der Waals surface area contributed by atoms with Crippen LogP contribution in [0.4, 0.5) is 10.8 Å². The number of nitrogens with zero attached hydrogens (tertiary/aromatic N) is 2. The number of hydrogen-bond acceptors (Lipinski definition) is 6. The number of hydrogen-bond donors (Lipinski definition) is 2. The number of sulfonamides is 1. The molecule has 1 atom stereocenters. The molecule has 39 heavy (non-hydrogen) atoms. The summed E-state index contributed by atoms with van der Waals surface area (Å²) < 4.78 is 27.8. The maximum atomic E-state index is 13.6. The zero-order valence-electron chi connectivity index (χ0n) is 21.8. The van der Waals surface area contributed by atoms with Crippen LogP contribution in [0.1, 0.15) is 26.7 Å². The minimum absolute atomic E-state index is 0.00272. The normalized spacial score (nSPS) is 16.4. The lowest BCUT2D eigenvalue weighted by atomic mass is 9.95. The van der Waals surface area contributed by atoms with E-state index in [1.165, 1.54) is 29.7 Å². The average Bonchev–Trinajstić information content (AvgIpc) is 3.58. The molecule has 1 aromatic heterocycles. The molecule has 1 fully saturated rings. The summed E-state index contributed by atoms with van der Waals surface area (Å²) in [5.74, 6) is -0.251. The molecular weight excluding hydrogens is 547 g/mol. The summed E-state index contributed by atoms with van der Waals surface area (Å²) in [4.78, 5) is 31.9. The lowest BCUT2D eigenvalue weighted by molar-refractivity contribution is -0.120. The van der Waals surface area contributed by atoms with Gasteiger partial charge in [0.2, 0.25) is 5.91 Å². The number of aromatic nitrogens is 1. The van der Waals surface area contributed by atoms with E-state index in [0.717, 1.165) is 10.4 Å². The molecular formula is C29H31N3O4S2Si. The molecule has 0 bridgehead atoms. The van der Waals surface area contributed by atoms with E-state index in [0.29, 0.717) is 30.2 Å². The summed E-state index contributed by atoms with van der Waals surface area (Å²) in [6.45, 7) is 4.69. The number of carbonyl (C=O) groups is 1. The first-order chi connectivity index (χ1) is 18.6. The summed E-state index contributed by atoms with van der Waals surface area (Å²) in [6.07, 6.45) is 2.74. The van der Waals surface area contributed by atoms with E-state index >= 15 is 0 Å². The van der Waals surface area contributed by atoms with Crippen LogP contribution in [-0.2, 0) is 14.8 Å². The zero-order chi connectivity index (χ0) is 27.7. The average molecular weight is 578 g/mol. The SMILES string of the molecule is CC(C)(C[C@H]1CCN(c2ccc(S(=O)(=O)Nc3nccs3)cc2)C1=O)[Si](O)(c1ccccc1)c1ccccc1. The van der Waals surface area contributed by atoms with Crippen LogP contribution in [-0.4, -0.2) is 39.0 Å². The highest BCUT2D eigenvalue weighted by molar-refractivity contribution is 7.93. The zero-order valence-corrected chi connectivity index (χ0v) is 24.5. The molecule has 202 valence electrons. The van der Waals surface area contributed by atoms with E-state index < -0.39 is 23.4 Å². The van der Waals surface area contributed by atoms with Crippen molar-refractivity contribution in [3.63, 3.8) is 0 Å². The summed E-state index contributed by atoms with van der Waals surface area (Å²) in [5, 5.41) is 3.30. The van der Waals surface area contributed by atoms with E-state index in [1.54, 1.807) is 22.4 Å². The second kappa shape index (κ2) is 10.7. The molecule has 4 aromatic rings. The molecule has 1 amide bonds. The third kappa shape index (κ3) is 5.29. The summed E-state index contributed by atoms with van der Waals surface area (Å²) in [7, 11) is -7.00. The van der Waals surface area contributed by atoms with Crippen LogP contribution in [0.5, 0.6) is 0 Å². The van der Waals surface area contributed by atoms with Crippen molar-refractivity contribution in [3.05, 3.63) is 96.5 Å². The largest absolute Gasteiger partial charge is 0.424 e. The predicted octanol–water partition coefficient (Wildman–Crippen LogP) is 4.22. The van der Waals surface area contributed by atoms with Gasteiger partial charge in [-0.15, -0.1) is 11.3 Å². The van der Waals surface area contributed by atoms with Gasteiger partial charge in [-0.2, -0.15) is 0 Å². The van der Waals surface area contributed by atoms with Crippen molar-refractivity contribution in [2.45, 2.75) is 36.6 Å². The van der Waals surface area contributed by atoms with Crippen LogP contribution in [0.15, 0.2) is 101 Å². The number of anilines is 2. The highest BCUT2D eigenvalue weighted by atomic mass is 32.2. The Hall–Kier alpha value is -3.31. The Balaban J connectivity index is 1.35. The smallest absolute Gasteiger partial charge is 0.263 e. The van der Waals surface area contributed by atoms with Crippen molar-refractivity contribution in [2.75, 3.05) is 16.2 Å². The number of benzene rings is 3. The third-order valence-electron chi connectivity index (χ3n) is 7.55. The monoisotopic (exact) mass is 577 g/mol. The second-order valence-electron chi connectivity index (χ2n) is 10.4. The fourth-order valence-electron chi connectivity index (χ4n) is 5.51. The molecule has 10 heteroatoms. The molecule has 3 aromatic carbocycles. The number of amides is 1. The van der Waals surface area contributed by atoms with E-state index in [2.05, 4.69) is 23.6 Å². The van der Waals surface area contributed by atoms with Gasteiger partial charge in [-0.1, -0.05) is 74.5 Å². The van der Waals surface area contributed by atoms with Crippen molar-refractivity contribution in [1.29, 1.82) is 0 Å². The highest BCUT2D eigenvalue weighted by Crippen LogP contribution is 2.44. The van der Waals surface area contributed by atoms with Crippen LogP contribution in [0.25, 0.3) is 0 Å². The fraction of sp³-hybridized carbons (Fsp3) is 0.241. The Kier molecular flexibility index (Phi) is 7.47. The minimum Gasteiger partial charge on any atom is -0.424 e. The van der Waals surface area contributed by atoms with E-state index in [9.17, 15) is 18.0 Å². The summed E-state index contributed by atoms with van der Waals surface area (Å²) >= 11 is 1.20. The fourth-order valence-corrected chi connectivity index (χ4v) is 11.1. The molecule has 0 spiro atoms. The topological polar surface area (TPSA) is 99.6 Å². The molecule has 1 aliphatic heterocycles. The van der Waals surface area contributed by atoms with Crippen molar-refractivity contribution < 1.29 is 18.0 Å². The molecule has 2 heterocycles. The van der Waals surface area contributed by atoms with Gasteiger partial charge in [0.25, 0.3) is 18.3 Å². The van der Waals surface area contributed by atoms with Gasteiger partial charge < -0.3 is 9.70 Å². The molecule has 0 saturated carbocycles. The first-order valence-electron chi connectivity index (χ1n) is 12.8. The molecule has 0 aliphatic carbocycles. The van der Waals surface area contributed by atoms with Gasteiger partial charge in [0.15, 0.2) is 5.13 Å². The molecule has 0 radical (unpaired) electrons. The van der Waals surface area contributed by atoms with Crippen molar-refractivity contribution in [3.8, 4) is 0 Å². The van der Waals surface area contributed by atoms with Crippen LogP contribution in [0.3, 0.4) is 0 Å². The quantitative estimate of drug-likeness (QED) is 0.290. The lowest BCUT2D eigenvalue weighted by Crippen LogP contribution is -2.65. The van der Waals surface area contributed by atoms with Gasteiger partial charge in [-0.05, 0) is 52.5 Å². The summed E-state index contributed by atoms with van der Waals surface area (Å²) in [5.41, 5.74) is 0.659. The van der Waals surface area contributed by atoms with E-state index in [-0.39, 0.29) is 16.7 Å². The molecule has 1 saturated heterocycles. The van der Waals surface area contributed by atoms with Crippen LogP contribution < -0.4 is 20.0 Å². The Morgan fingerprint density at radius 2 is 1.59 bits per heavy atom. The lowest BCUT2D eigenvalue weighted by Gasteiger charge is -2.42. The Morgan fingerprint density at radius 1 is 1.00 bits per heavy atom. The number of rotatable bonds is 9.